The molecule has 5 aliphatic rings. The Bertz CT molecular complexity index is 751. The molecule has 5 fully saturated rings. The predicted molar refractivity (Wildman–Crippen MR) is 113 cm³/mol. The van der Waals surface area contributed by atoms with Crippen LogP contribution in [0.1, 0.15) is 83.2 Å². The lowest BCUT2D eigenvalue weighted by Gasteiger charge is -2.56. The molecule has 1 amide bonds. The molecule has 154 valence electrons. The molecular weight excluding hydrogens is 366 g/mol. The lowest BCUT2D eigenvalue weighted by atomic mass is 9.53. The number of nitrogens with zero attached hydrogens (tertiary/aromatic N) is 2. The van der Waals surface area contributed by atoms with Crippen molar-refractivity contribution in [3.8, 4) is 0 Å². The van der Waals surface area contributed by atoms with Gasteiger partial charge in [0.15, 0.2) is 4.80 Å². The van der Waals surface area contributed by atoms with Crippen LogP contribution in [0.15, 0.2) is 10.4 Å². The largest absolute Gasteiger partial charge is 0.350 e. The van der Waals surface area contributed by atoms with Gasteiger partial charge >= 0.3 is 0 Å². The topological polar surface area (TPSA) is 46.4 Å². The second-order valence-corrected chi connectivity index (χ2v) is 10.9. The minimum atomic E-state index is 0.119. The molecule has 4 bridgehead atoms. The summed E-state index contributed by atoms with van der Waals surface area (Å²) in [6, 6.07) is 0.485. The lowest BCUT2D eigenvalue weighted by molar-refractivity contribution is -0.126. The van der Waals surface area contributed by atoms with E-state index in [1.807, 2.05) is 0 Å². The number of hydrogen-bond acceptors (Lipinski definition) is 3. The van der Waals surface area contributed by atoms with Crippen LogP contribution in [0.3, 0.4) is 0 Å². The van der Waals surface area contributed by atoms with Gasteiger partial charge in [-0.25, -0.2) is 0 Å². The SMILES string of the molecule is CCn1c(CC(=O)NC23CC4CC(CC(C4)C2)C3)csc1=NC1CCCCC1. The van der Waals surface area contributed by atoms with E-state index in [0.717, 1.165) is 34.8 Å². The molecule has 4 nitrogen and oxygen atoms in total. The summed E-state index contributed by atoms with van der Waals surface area (Å²) in [6.45, 7) is 3.07. The summed E-state index contributed by atoms with van der Waals surface area (Å²) in [7, 11) is 0. The first-order valence-corrected chi connectivity index (χ1v) is 12.5. The Labute approximate surface area is 172 Å². The third kappa shape index (κ3) is 3.71. The molecule has 28 heavy (non-hydrogen) atoms. The molecule has 5 saturated carbocycles. The van der Waals surface area contributed by atoms with Crippen LogP contribution in [0.4, 0.5) is 0 Å². The molecule has 1 heterocycles. The first-order valence-electron chi connectivity index (χ1n) is 11.6. The maximum atomic E-state index is 13.0. The van der Waals surface area contributed by atoms with Gasteiger partial charge in [-0.15, -0.1) is 11.3 Å². The minimum absolute atomic E-state index is 0.119. The fourth-order valence-electron chi connectivity index (χ4n) is 7.08. The quantitative estimate of drug-likeness (QED) is 0.779. The van der Waals surface area contributed by atoms with Gasteiger partial charge in [-0.05, 0) is 76.0 Å². The van der Waals surface area contributed by atoms with Crippen LogP contribution >= 0.6 is 11.3 Å². The number of hydrogen-bond donors (Lipinski definition) is 1. The second kappa shape index (κ2) is 7.62. The summed E-state index contributed by atoms with van der Waals surface area (Å²) >= 11 is 1.72. The zero-order valence-corrected chi connectivity index (χ0v) is 18.1. The van der Waals surface area contributed by atoms with Crippen LogP contribution < -0.4 is 10.1 Å². The van der Waals surface area contributed by atoms with Gasteiger partial charge in [0.1, 0.15) is 0 Å². The van der Waals surface area contributed by atoms with Gasteiger partial charge in [0.25, 0.3) is 0 Å². The molecule has 0 saturated heterocycles. The average molecular weight is 402 g/mol. The minimum Gasteiger partial charge on any atom is -0.350 e. The standard InChI is InChI=1S/C23H35N3OS/c1-2-26-20(15-28-22(26)24-19-6-4-3-5-7-19)11-21(27)25-23-12-16-8-17(13-23)10-18(9-16)14-23/h15-19H,2-14H2,1H3,(H,25,27). The second-order valence-electron chi connectivity index (χ2n) is 10.1. The van der Waals surface area contributed by atoms with Crippen molar-refractivity contribution in [3.05, 3.63) is 15.9 Å². The molecule has 0 radical (unpaired) electrons. The van der Waals surface area contributed by atoms with E-state index in [-0.39, 0.29) is 11.4 Å². The average Bonchev–Trinajstić information content (AvgIpc) is 3.02. The van der Waals surface area contributed by atoms with E-state index in [0.29, 0.717) is 12.5 Å². The van der Waals surface area contributed by atoms with Crippen molar-refractivity contribution in [2.24, 2.45) is 22.7 Å². The summed E-state index contributed by atoms with van der Waals surface area (Å²) in [5.41, 5.74) is 1.26. The number of carbonyl (C=O) groups excluding carboxylic acids is 1. The molecule has 5 heteroatoms. The molecule has 5 aliphatic carbocycles. The van der Waals surface area contributed by atoms with Crippen LogP contribution in [0.5, 0.6) is 0 Å². The van der Waals surface area contributed by atoms with Crippen LogP contribution in [0.2, 0.25) is 0 Å². The number of thiazole rings is 1. The van der Waals surface area contributed by atoms with Gasteiger partial charge in [0, 0.05) is 23.2 Å². The van der Waals surface area contributed by atoms with E-state index in [4.69, 9.17) is 4.99 Å². The summed E-state index contributed by atoms with van der Waals surface area (Å²) in [5, 5.41) is 5.71. The molecular formula is C23H35N3OS. The highest BCUT2D eigenvalue weighted by Gasteiger charge is 2.51. The lowest BCUT2D eigenvalue weighted by Crippen LogP contribution is -2.60. The monoisotopic (exact) mass is 401 g/mol. The summed E-state index contributed by atoms with van der Waals surface area (Å²) < 4.78 is 2.28. The van der Waals surface area contributed by atoms with Gasteiger partial charge in [0.05, 0.1) is 12.5 Å². The van der Waals surface area contributed by atoms with E-state index in [2.05, 4.69) is 22.2 Å². The molecule has 6 rings (SSSR count). The van der Waals surface area contributed by atoms with Crippen LogP contribution in [-0.4, -0.2) is 22.1 Å². The van der Waals surface area contributed by atoms with Crippen molar-refractivity contribution >= 4 is 17.2 Å². The Morgan fingerprint density at radius 1 is 1.14 bits per heavy atom. The molecule has 0 aliphatic heterocycles. The zero-order chi connectivity index (χ0) is 19.1. The molecule has 1 aromatic heterocycles. The van der Waals surface area contributed by atoms with Crippen LogP contribution in [0.25, 0.3) is 0 Å². The Morgan fingerprint density at radius 3 is 2.39 bits per heavy atom. The Morgan fingerprint density at radius 2 is 1.79 bits per heavy atom. The summed E-state index contributed by atoms with van der Waals surface area (Å²) in [6.07, 6.45) is 14.9. The van der Waals surface area contributed by atoms with Crippen molar-refractivity contribution in [1.29, 1.82) is 0 Å². The van der Waals surface area contributed by atoms with Gasteiger partial charge in [0.2, 0.25) is 5.91 Å². The molecule has 0 spiro atoms. The van der Waals surface area contributed by atoms with E-state index in [1.165, 1.54) is 70.6 Å². The first-order chi connectivity index (χ1) is 13.6. The van der Waals surface area contributed by atoms with Crippen molar-refractivity contribution in [2.75, 3.05) is 0 Å². The maximum Gasteiger partial charge on any atom is 0.226 e. The number of nitrogens with one attached hydrogen (secondary N) is 1. The van der Waals surface area contributed by atoms with Crippen LogP contribution in [-0.2, 0) is 17.8 Å². The molecule has 1 N–H and O–H groups in total. The Hall–Kier alpha value is -1.10. The van der Waals surface area contributed by atoms with E-state index in [1.54, 1.807) is 11.3 Å². The highest BCUT2D eigenvalue weighted by molar-refractivity contribution is 7.07. The third-order valence-corrected chi connectivity index (χ3v) is 8.77. The summed E-state index contributed by atoms with van der Waals surface area (Å²) in [4.78, 5) is 19.2. The highest BCUT2D eigenvalue weighted by Crippen LogP contribution is 2.55. The maximum absolute atomic E-state index is 13.0. The Kier molecular flexibility index (Phi) is 5.14. The highest BCUT2D eigenvalue weighted by atomic mass is 32.1. The van der Waals surface area contributed by atoms with E-state index < -0.39 is 0 Å². The predicted octanol–water partition coefficient (Wildman–Crippen LogP) is 4.43. The fourth-order valence-corrected chi connectivity index (χ4v) is 8.12. The molecule has 0 atom stereocenters. The summed E-state index contributed by atoms with van der Waals surface area (Å²) in [5.74, 6) is 2.84. The van der Waals surface area contributed by atoms with Gasteiger partial charge in [-0.1, -0.05) is 19.3 Å². The van der Waals surface area contributed by atoms with E-state index >= 15 is 0 Å². The van der Waals surface area contributed by atoms with Crippen molar-refractivity contribution in [1.82, 2.24) is 9.88 Å². The van der Waals surface area contributed by atoms with Gasteiger partial charge < -0.3 is 9.88 Å². The van der Waals surface area contributed by atoms with Crippen molar-refractivity contribution in [3.63, 3.8) is 0 Å². The number of carbonyl (C=O) groups is 1. The number of aromatic nitrogens is 1. The molecule has 0 unspecified atom stereocenters. The number of rotatable bonds is 5. The molecule has 1 aromatic rings. The Balaban J connectivity index is 1.28. The van der Waals surface area contributed by atoms with Gasteiger partial charge in [-0.2, -0.15) is 0 Å². The van der Waals surface area contributed by atoms with Gasteiger partial charge in [-0.3, -0.25) is 9.79 Å². The number of amides is 1. The zero-order valence-electron chi connectivity index (χ0n) is 17.3. The van der Waals surface area contributed by atoms with Crippen molar-refractivity contribution < 1.29 is 4.79 Å². The normalized spacial score (nSPS) is 35.5. The van der Waals surface area contributed by atoms with Crippen molar-refractivity contribution in [2.45, 2.75) is 102 Å². The van der Waals surface area contributed by atoms with Crippen LogP contribution in [0, 0.1) is 17.8 Å². The smallest absolute Gasteiger partial charge is 0.226 e. The first kappa shape index (κ1) is 18.9. The third-order valence-electron chi connectivity index (χ3n) is 7.85. The molecule has 0 aromatic carbocycles. The fraction of sp³-hybridized carbons (Fsp3) is 0.826. The van der Waals surface area contributed by atoms with E-state index in [9.17, 15) is 4.79 Å².